The number of aromatic nitrogens is 2. The van der Waals surface area contributed by atoms with Crippen molar-refractivity contribution in [2.75, 3.05) is 27.7 Å². The molecule has 168 valence electrons. The lowest BCUT2D eigenvalue weighted by atomic mass is 10.0. The van der Waals surface area contributed by atoms with Crippen molar-refractivity contribution in [2.45, 2.75) is 6.04 Å². The van der Waals surface area contributed by atoms with Gasteiger partial charge in [0.15, 0.2) is 0 Å². The van der Waals surface area contributed by atoms with Gasteiger partial charge in [-0.3, -0.25) is 4.79 Å². The van der Waals surface area contributed by atoms with Crippen LogP contribution < -0.4 is 15.0 Å². The van der Waals surface area contributed by atoms with Crippen LogP contribution in [0.3, 0.4) is 0 Å². The lowest BCUT2D eigenvalue weighted by Crippen LogP contribution is -3.07. The van der Waals surface area contributed by atoms with Crippen LogP contribution in [0.1, 0.15) is 22.0 Å². The van der Waals surface area contributed by atoms with Crippen molar-refractivity contribution in [2.24, 2.45) is 0 Å². The van der Waals surface area contributed by atoms with E-state index in [2.05, 4.69) is 19.4 Å². The summed E-state index contributed by atoms with van der Waals surface area (Å²) in [5.41, 5.74) is 4.16. The van der Waals surface area contributed by atoms with Gasteiger partial charge in [-0.2, -0.15) is 5.10 Å². The topological polar surface area (TPSA) is 60.6 Å². The normalized spacial score (nSPS) is 11.9. The number of para-hydroxylation sites is 1. The molecule has 4 rings (SSSR count). The Bertz CT molecular complexity index is 1190. The molecule has 0 unspecified atom stereocenters. The van der Waals surface area contributed by atoms with Gasteiger partial charge >= 0.3 is 0 Å². The lowest BCUT2D eigenvalue weighted by Gasteiger charge is -2.22. The van der Waals surface area contributed by atoms with E-state index in [-0.39, 0.29) is 11.9 Å². The summed E-state index contributed by atoms with van der Waals surface area (Å²) in [5, 5.41) is 7.89. The molecule has 6 heteroatoms. The van der Waals surface area contributed by atoms with Gasteiger partial charge in [-0.25, -0.2) is 4.68 Å². The number of benzene rings is 3. The van der Waals surface area contributed by atoms with Crippen LogP contribution in [-0.4, -0.2) is 43.4 Å². The van der Waals surface area contributed by atoms with Crippen LogP contribution in [0.4, 0.5) is 0 Å². The summed E-state index contributed by atoms with van der Waals surface area (Å²) in [5.74, 6) is 0.673. The highest BCUT2D eigenvalue weighted by molar-refractivity contribution is 5.99. The molecule has 0 spiro atoms. The maximum atomic E-state index is 13.3. The number of amides is 1. The Morgan fingerprint density at radius 3 is 2.21 bits per heavy atom. The van der Waals surface area contributed by atoms with Gasteiger partial charge in [0.25, 0.3) is 5.91 Å². The average Bonchev–Trinajstić information content (AvgIpc) is 3.31. The molecule has 0 saturated carbocycles. The maximum Gasteiger partial charge on any atom is 0.255 e. The second kappa shape index (κ2) is 10.1. The minimum atomic E-state index is -0.143. The second-order valence-electron chi connectivity index (χ2n) is 8.15. The van der Waals surface area contributed by atoms with E-state index in [4.69, 9.17) is 9.84 Å². The van der Waals surface area contributed by atoms with E-state index in [1.807, 2.05) is 84.9 Å². The van der Waals surface area contributed by atoms with Gasteiger partial charge in [0.1, 0.15) is 17.5 Å². The van der Waals surface area contributed by atoms with Crippen LogP contribution in [0, 0.1) is 0 Å². The van der Waals surface area contributed by atoms with Crippen molar-refractivity contribution in [1.82, 2.24) is 15.1 Å². The molecular weight excluding hydrogens is 412 g/mol. The molecule has 0 saturated heterocycles. The van der Waals surface area contributed by atoms with E-state index >= 15 is 0 Å². The van der Waals surface area contributed by atoms with E-state index in [1.54, 1.807) is 18.0 Å². The monoisotopic (exact) mass is 441 g/mol. The molecule has 0 aliphatic rings. The molecule has 33 heavy (non-hydrogen) atoms. The van der Waals surface area contributed by atoms with Crippen molar-refractivity contribution in [3.63, 3.8) is 0 Å². The summed E-state index contributed by atoms with van der Waals surface area (Å²) in [6.45, 7) is 0.498. The van der Waals surface area contributed by atoms with Crippen molar-refractivity contribution in [3.8, 4) is 22.7 Å². The van der Waals surface area contributed by atoms with Gasteiger partial charge in [0.2, 0.25) is 0 Å². The Morgan fingerprint density at radius 1 is 0.970 bits per heavy atom. The van der Waals surface area contributed by atoms with Gasteiger partial charge in [-0.15, -0.1) is 0 Å². The van der Waals surface area contributed by atoms with Gasteiger partial charge in [0.05, 0.1) is 39.0 Å². The van der Waals surface area contributed by atoms with Crippen LogP contribution >= 0.6 is 0 Å². The van der Waals surface area contributed by atoms with Gasteiger partial charge < -0.3 is 15.0 Å². The van der Waals surface area contributed by atoms with Gasteiger partial charge in [-0.05, 0) is 36.4 Å². The lowest BCUT2D eigenvalue weighted by molar-refractivity contribution is -0.890. The van der Waals surface area contributed by atoms with E-state index in [0.29, 0.717) is 17.8 Å². The zero-order chi connectivity index (χ0) is 23.2. The molecule has 6 nitrogen and oxygen atoms in total. The van der Waals surface area contributed by atoms with Crippen LogP contribution in [-0.2, 0) is 0 Å². The number of quaternary nitrogens is 1. The minimum Gasteiger partial charge on any atom is -0.497 e. The summed E-state index contributed by atoms with van der Waals surface area (Å²) in [6.07, 6.45) is 1.80. The number of nitrogens with one attached hydrogen (secondary N) is 2. The number of carbonyl (C=O) groups is 1. The quantitative estimate of drug-likeness (QED) is 0.442. The summed E-state index contributed by atoms with van der Waals surface area (Å²) in [6, 6.07) is 27.7. The zero-order valence-corrected chi connectivity index (χ0v) is 19.2. The Labute approximate surface area is 194 Å². The molecule has 0 aliphatic heterocycles. The number of nitrogens with zero attached hydrogens (tertiary/aromatic N) is 2. The summed E-state index contributed by atoms with van der Waals surface area (Å²) < 4.78 is 7.03. The number of hydrogen-bond acceptors (Lipinski definition) is 3. The van der Waals surface area contributed by atoms with Crippen molar-refractivity contribution in [1.29, 1.82) is 0 Å². The number of rotatable bonds is 8. The maximum absolute atomic E-state index is 13.3. The van der Waals surface area contributed by atoms with Gasteiger partial charge in [-0.1, -0.05) is 48.5 Å². The van der Waals surface area contributed by atoms with Gasteiger partial charge in [0, 0.05) is 17.3 Å². The van der Waals surface area contributed by atoms with E-state index in [1.165, 1.54) is 4.90 Å². The molecule has 2 N–H and O–H groups in total. The number of methoxy groups -OCH3 is 1. The predicted molar refractivity (Wildman–Crippen MR) is 130 cm³/mol. The van der Waals surface area contributed by atoms with Crippen molar-refractivity contribution in [3.05, 3.63) is 102 Å². The first-order valence-corrected chi connectivity index (χ1v) is 11.0. The van der Waals surface area contributed by atoms with E-state index < -0.39 is 0 Å². The highest BCUT2D eigenvalue weighted by Crippen LogP contribution is 2.24. The van der Waals surface area contributed by atoms with E-state index in [9.17, 15) is 4.79 Å². The third-order valence-corrected chi connectivity index (χ3v) is 5.71. The highest BCUT2D eigenvalue weighted by atomic mass is 16.5. The second-order valence-corrected chi connectivity index (χ2v) is 8.15. The molecule has 0 aliphatic carbocycles. The third kappa shape index (κ3) is 5.13. The van der Waals surface area contributed by atoms with Crippen LogP contribution in [0.2, 0.25) is 0 Å². The third-order valence-electron chi connectivity index (χ3n) is 5.71. The average molecular weight is 442 g/mol. The molecule has 1 heterocycles. The first-order chi connectivity index (χ1) is 16.1. The molecule has 3 aromatic carbocycles. The largest absolute Gasteiger partial charge is 0.497 e. The fraction of sp³-hybridized carbons (Fsp3) is 0.185. The highest BCUT2D eigenvalue weighted by Gasteiger charge is 2.22. The Kier molecular flexibility index (Phi) is 6.86. The van der Waals surface area contributed by atoms with E-state index in [0.717, 1.165) is 22.6 Å². The predicted octanol–water partition coefficient (Wildman–Crippen LogP) is 3.16. The Hall–Kier alpha value is -3.90. The first-order valence-electron chi connectivity index (χ1n) is 11.0. The molecule has 0 bridgehead atoms. The molecule has 1 aromatic heterocycles. The first kappa shape index (κ1) is 22.3. The van der Waals surface area contributed by atoms with Crippen LogP contribution in [0.5, 0.6) is 5.75 Å². The summed E-state index contributed by atoms with van der Waals surface area (Å²) >= 11 is 0. The molecular formula is C27H29N4O2+. The van der Waals surface area contributed by atoms with Crippen LogP contribution in [0.15, 0.2) is 91.1 Å². The molecule has 0 radical (unpaired) electrons. The standard InChI is InChI=1S/C27H28N4O2/c1-30(2)25(20-14-16-23(33-3)17-15-20)18-28-27(32)24-19-31(22-12-8-5-9-13-22)29-26(24)21-10-6-4-7-11-21/h4-17,19,25H,18H2,1-3H3,(H,28,32)/p+1/t25-/m0/s1. The SMILES string of the molecule is COc1ccc([C@H](CNC(=O)c2cn(-c3ccccc3)nc2-c2ccccc2)[NH+](C)C)cc1. The fourth-order valence-electron chi connectivity index (χ4n) is 3.84. The summed E-state index contributed by atoms with van der Waals surface area (Å²) in [4.78, 5) is 14.6. The molecule has 1 amide bonds. The Balaban J connectivity index is 1.60. The molecule has 0 fully saturated rings. The van der Waals surface area contributed by atoms with Crippen molar-refractivity contribution < 1.29 is 14.4 Å². The zero-order valence-electron chi connectivity index (χ0n) is 19.2. The minimum absolute atomic E-state index is 0.101. The van der Waals surface area contributed by atoms with Crippen LogP contribution in [0.25, 0.3) is 16.9 Å². The number of carbonyl (C=O) groups excluding carboxylic acids is 1. The smallest absolute Gasteiger partial charge is 0.255 e. The fourth-order valence-corrected chi connectivity index (χ4v) is 3.84. The number of likely N-dealkylation sites (N-methyl/N-ethyl adjacent to an activating group) is 1. The number of ether oxygens (including phenoxy) is 1. The number of hydrogen-bond donors (Lipinski definition) is 2. The van der Waals surface area contributed by atoms with Crippen molar-refractivity contribution >= 4 is 5.91 Å². The summed E-state index contributed by atoms with van der Waals surface area (Å²) in [7, 11) is 5.83. The molecule has 4 aromatic rings. The molecule has 1 atom stereocenters. The Morgan fingerprint density at radius 2 is 1.61 bits per heavy atom.